The largest absolute Gasteiger partial charge is 0.494 e. The predicted octanol–water partition coefficient (Wildman–Crippen LogP) is 5.99. The molecule has 3 amide bonds. The maximum absolute atomic E-state index is 13.2. The lowest BCUT2D eigenvalue weighted by Gasteiger charge is -2.24. The van der Waals surface area contributed by atoms with Crippen LogP contribution in [0.25, 0.3) is 0 Å². The molecule has 0 spiro atoms. The number of rotatable bonds is 11. The van der Waals surface area contributed by atoms with Crippen LogP contribution in [0.2, 0.25) is 5.02 Å². The van der Waals surface area contributed by atoms with Gasteiger partial charge in [0.15, 0.2) is 0 Å². The van der Waals surface area contributed by atoms with Crippen LogP contribution in [-0.4, -0.2) is 45.3 Å². The van der Waals surface area contributed by atoms with E-state index in [-0.39, 0.29) is 12.5 Å². The second-order valence-electron chi connectivity index (χ2n) is 9.00. The van der Waals surface area contributed by atoms with Crippen molar-refractivity contribution in [1.82, 2.24) is 0 Å². The summed E-state index contributed by atoms with van der Waals surface area (Å²) in [7, 11) is 2.82. The zero-order valence-electron chi connectivity index (χ0n) is 21.7. The first-order valence-corrected chi connectivity index (χ1v) is 12.9. The van der Waals surface area contributed by atoms with Gasteiger partial charge in [0, 0.05) is 18.2 Å². The van der Waals surface area contributed by atoms with E-state index in [1.807, 2.05) is 0 Å². The van der Waals surface area contributed by atoms with E-state index in [1.165, 1.54) is 14.2 Å². The number of nitrogens with zero attached hydrogens (tertiary/aromatic N) is 1. The summed E-state index contributed by atoms with van der Waals surface area (Å²) in [5, 5.41) is 5.89. The quantitative estimate of drug-likeness (QED) is 0.283. The summed E-state index contributed by atoms with van der Waals surface area (Å²) in [6.07, 6.45) is 2.56. The third-order valence-corrected chi connectivity index (χ3v) is 6.52. The Morgan fingerprint density at radius 2 is 1.67 bits per heavy atom. The number of hydrogen-bond acceptors (Lipinski definition) is 6. The van der Waals surface area contributed by atoms with E-state index in [0.29, 0.717) is 58.0 Å². The number of halogens is 1. The molecule has 0 aromatic heterocycles. The van der Waals surface area contributed by atoms with Crippen molar-refractivity contribution in [2.75, 3.05) is 42.9 Å². The molecular formula is C29H30ClN3O6. The molecule has 39 heavy (non-hydrogen) atoms. The van der Waals surface area contributed by atoms with Gasteiger partial charge in [-0.05, 0) is 67.3 Å². The van der Waals surface area contributed by atoms with E-state index in [9.17, 15) is 14.4 Å². The number of anilines is 3. The highest BCUT2D eigenvalue weighted by molar-refractivity contribution is 6.33. The Bertz CT molecular complexity index is 1330. The Labute approximate surface area is 232 Å². The SMILES string of the molecule is COC(=O)c1ccc(OCCN(C(=O)CC2CC2)c2ccc(NC(=O)Nc3ccccc3Cl)c(OC)c2)cc1. The fourth-order valence-corrected chi connectivity index (χ4v) is 4.11. The van der Waals surface area contributed by atoms with Crippen molar-refractivity contribution >= 4 is 46.6 Å². The van der Waals surface area contributed by atoms with Crippen LogP contribution in [-0.2, 0) is 9.53 Å². The summed E-state index contributed by atoms with van der Waals surface area (Å²) >= 11 is 6.13. The van der Waals surface area contributed by atoms with Gasteiger partial charge < -0.3 is 29.7 Å². The van der Waals surface area contributed by atoms with Crippen LogP contribution in [0.3, 0.4) is 0 Å². The summed E-state index contributed by atoms with van der Waals surface area (Å²) in [6, 6.07) is 18.2. The standard InChI is InChI=1S/C29H30ClN3O6/c1-37-26-18-21(11-14-25(26)32-29(36)31-24-6-4-3-5-23(24)30)33(27(34)17-19-7-8-19)15-16-39-22-12-9-20(10-13-22)28(35)38-2/h3-6,9-14,18-19H,7-8,15-17H2,1-2H3,(H2,31,32,36). The number of hydrogen-bond donors (Lipinski definition) is 2. The van der Waals surface area contributed by atoms with E-state index in [1.54, 1.807) is 71.6 Å². The van der Waals surface area contributed by atoms with Gasteiger partial charge in [-0.25, -0.2) is 9.59 Å². The summed E-state index contributed by atoms with van der Waals surface area (Å²) in [4.78, 5) is 39.0. The lowest BCUT2D eigenvalue weighted by molar-refractivity contribution is -0.119. The van der Waals surface area contributed by atoms with Crippen molar-refractivity contribution in [1.29, 1.82) is 0 Å². The smallest absolute Gasteiger partial charge is 0.337 e. The Kier molecular flexibility index (Phi) is 9.27. The topological polar surface area (TPSA) is 106 Å². The van der Waals surface area contributed by atoms with Crippen LogP contribution < -0.4 is 25.0 Å². The number of esters is 1. The van der Waals surface area contributed by atoms with Crippen LogP contribution in [0.5, 0.6) is 11.5 Å². The summed E-state index contributed by atoms with van der Waals surface area (Å²) in [6.45, 7) is 0.532. The van der Waals surface area contributed by atoms with Crippen molar-refractivity contribution in [2.24, 2.45) is 5.92 Å². The van der Waals surface area contributed by atoms with Crippen LogP contribution in [0.4, 0.5) is 21.9 Å². The molecule has 4 rings (SSSR count). The molecule has 3 aromatic rings. The number of benzene rings is 3. The molecule has 204 valence electrons. The number of nitrogens with one attached hydrogen (secondary N) is 2. The van der Waals surface area contributed by atoms with Gasteiger partial charge in [0.2, 0.25) is 5.91 Å². The van der Waals surface area contributed by atoms with Crippen molar-refractivity contribution in [2.45, 2.75) is 19.3 Å². The number of ether oxygens (including phenoxy) is 3. The summed E-state index contributed by atoms with van der Waals surface area (Å²) in [5.41, 5.74) is 1.96. The molecule has 0 aliphatic heterocycles. The molecule has 1 saturated carbocycles. The van der Waals surface area contributed by atoms with Gasteiger partial charge in [-0.1, -0.05) is 23.7 Å². The minimum atomic E-state index is -0.484. The lowest BCUT2D eigenvalue weighted by Crippen LogP contribution is -2.35. The molecule has 3 aromatic carbocycles. The van der Waals surface area contributed by atoms with Crippen molar-refractivity contribution in [3.63, 3.8) is 0 Å². The zero-order chi connectivity index (χ0) is 27.8. The molecule has 9 nitrogen and oxygen atoms in total. The fraction of sp³-hybridized carbons (Fsp3) is 0.276. The highest BCUT2D eigenvalue weighted by Gasteiger charge is 2.28. The van der Waals surface area contributed by atoms with Gasteiger partial charge >= 0.3 is 12.0 Å². The highest BCUT2D eigenvalue weighted by atomic mass is 35.5. The monoisotopic (exact) mass is 551 g/mol. The molecule has 0 bridgehead atoms. The van der Waals surface area contributed by atoms with E-state index in [4.69, 9.17) is 25.8 Å². The molecule has 1 fully saturated rings. The number of carbonyl (C=O) groups excluding carboxylic acids is 3. The van der Waals surface area contributed by atoms with Crippen LogP contribution in [0.1, 0.15) is 29.6 Å². The Hall–Kier alpha value is -4.24. The Morgan fingerprint density at radius 3 is 2.33 bits per heavy atom. The molecule has 0 radical (unpaired) electrons. The minimum absolute atomic E-state index is 0.0126. The lowest BCUT2D eigenvalue weighted by atomic mass is 10.2. The number of methoxy groups -OCH3 is 2. The molecule has 0 heterocycles. The van der Waals surface area contributed by atoms with Gasteiger partial charge in [-0.2, -0.15) is 0 Å². The van der Waals surface area contributed by atoms with E-state index in [2.05, 4.69) is 10.6 Å². The van der Waals surface area contributed by atoms with Crippen molar-refractivity contribution in [3.8, 4) is 11.5 Å². The normalized spacial score (nSPS) is 12.3. The van der Waals surface area contributed by atoms with E-state index in [0.717, 1.165) is 12.8 Å². The first kappa shape index (κ1) is 27.8. The molecule has 10 heteroatoms. The minimum Gasteiger partial charge on any atom is -0.494 e. The molecule has 0 atom stereocenters. The Morgan fingerprint density at radius 1 is 0.949 bits per heavy atom. The van der Waals surface area contributed by atoms with Crippen LogP contribution in [0, 0.1) is 5.92 Å². The molecular weight excluding hydrogens is 522 g/mol. The molecule has 1 aliphatic rings. The molecule has 0 unspecified atom stereocenters. The predicted molar refractivity (Wildman–Crippen MR) is 150 cm³/mol. The average Bonchev–Trinajstić information content (AvgIpc) is 3.76. The fourth-order valence-electron chi connectivity index (χ4n) is 3.93. The van der Waals surface area contributed by atoms with Crippen molar-refractivity contribution in [3.05, 3.63) is 77.3 Å². The highest BCUT2D eigenvalue weighted by Crippen LogP contribution is 2.35. The number of amides is 3. The first-order valence-electron chi connectivity index (χ1n) is 12.5. The maximum Gasteiger partial charge on any atom is 0.337 e. The second kappa shape index (κ2) is 13.0. The molecule has 1 aliphatic carbocycles. The van der Waals surface area contributed by atoms with E-state index >= 15 is 0 Å². The zero-order valence-corrected chi connectivity index (χ0v) is 22.5. The third-order valence-electron chi connectivity index (χ3n) is 6.19. The van der Waals surface area contributed by atoms with E-state index < -0.39 is 12.0 Å². The van der Waals surface area contributed by atoms with Gasteiger partial charge in [0.1, 0.15) is 18.1 Å². The second-order valence-corrected chi connectivity index (χ2v) is 9.41. The maximum atomic E-state index is 13.2. The summed E-state index contributed by atoms with van der Waals surface area (Å²) < 4.78 is 16.1. The van der Waals surface area contributed by atoms with Crippen LogP contribution >= 0.6 is 11.6 Å². The number of para-hydroxylation sites is 1. The van der Waals surface area contributed by atoms with Crippen molar-refractivity contribution < 1.29 is 28.6 Å². The third kappa shape index (κ3) is 7.64. The molecule has 2 N–H and O–H groups in total. The molecule has 0 saturated heterocycles. The first-order chi connectivity index (χ1) is 18.9. The van der Waals surface area contributed by atoms with Gasteiger partial charge in [0.25, 0.3) is 0 Å². The number of urea groups is 1. The van der Waals surface area contributed by atoms with Gasteiger partial charge in [0.05, 0.1) is 42.7 Å². The number of carbonyl (C=O) groups is 3. The summed E-state index contributed by atoms with van der Waals surface area (Å²) in [5.74, 6) is 0.931. The average molecular weight is 552 g/mol. The Balaban J connectivity index is 1.44. The van der Waals surface area contributed by atoms with Crippen LogP contribution in [0.15, 0.2) is 66.7 Å². The van der Waals surface area contributed by atoms with Gasteiger partial charge in [-0.3, -0.25) is 4.79 Å². The van der Waals surface area contributed by atoms with Gasteiger partial charge in [-0.15, -0.1) is 0 Å².